The summed E-state index contributed by atoms with van der Waals surface area (Å²) < 4.78 is 24.8. The lowest BCUT2D eigenvalue weighted by molar-refractivity contribution is 0.227. The van der Waals surface area contributed by atoms with Gasteiger partial charge in [-0.2, -0.15) is 0 Å². The summed E-state index contributed by atoms with van der Waals surface area (Å²) in [7, 11) is -3.01. The van der Waals surface area contributed by atoms with Gasteiger partial charge in [0, 0.05) is 19.1 Å². The average Bonchev–Trinajstić information content (AvgIpc) is 2.65. The first-order valence-electron chi connectivity index (χ1n) is 7.47. The first-order chi connectivity index (χ1) is 8.79. The molecule has 5 heteroatoms. The fourth-order valence-electron chi connectivity index (χ4n) is 3.51. The van der Waals surface area contributed by atoms with Gasteiger partial charge >= 0.3 is 0 Å². The van der Waals surface area contributed by atoms with Crippen LogP contribution in [-0.2, 0) is 10.0 Å². The molecule has 1 saturated heterocycles. The predicted octanol–water partition coefficient (Wildman–Crippen LogP) is 1.83. The summed E-state index contributed by atoms with van der Waals surface area (Å²) in [5, 5.41) is 3.69. The zero-order chi connectivity index (χ0) is 14.1. The second kappa shape index (κ2) is 5.70. The molecule has 1 aliphatic heterocycles. The maximum Gasteiger partial charge on any atom is 0.211 e. The molecule has 2 unspecified atom stereocenters. The number of sulfonamides is 1. The Balaban J connectivity index is 1.83. The lowest BCUT2D eigenvalue weighted by Gasteiger charge is -2.34. The summed E-state index contributed by atoms with van der Waals surface area (Å²) in [5.74, 6) is 0.472. The molecule has 1 aliphatic carbocycles. The van der Waals surface area contributed by atoms with Crippen molar-refractivity contribution in [1.82, 2.24) is 9.62 Å². The lowest BCUT2D eigenvalue weighted by Crippen LogP contribution is -2.46. The van der Waals surface area contributed by atoms with Gasteiger partial charge in [0.2, 0.25) is 10.0 Å². The van der Waals surface area contributed by atoms with E-state index in [4.69, 9.17) is 0 Å². The van der Waals surface area contributed by atoms with E-state index in [1.54, 1.807) is 4.31 Å². The fraction of sp³-hybridized carbons (Fsp3) is 1.00. The lowest BCUT2D eigenvalue weighted by atomic mass is 9.87. The Morgan fingerprint density at radius 1 is 1.26 bits per heavy atom. The second-order valence-corrected chi connectivity index (χ2v) is 8.95. The molecule has 0 bridgehead atoms. The SMILES string of the molecule is CC1(C)CCCC1NCC1CCCN(S(C)(=O)=O)C1. The molecule has 0 spiro atoms. The van der Waals surface area contributed by atoms with Gasteiger partial charge in [-0.05, 0) is 43.6 Å². The number of hydrogen-bond donors (Lipinski definition) is 1. The topological polar surface area (TPSA) is 49.4 Å². The molecule has 1 heterocycles. The minimum Gasteiger partial charge on any atom is -0.313 e. The van der Waals surface area contributed by atoms with Crippen LogP contribution in [0.4, 0.5) is 0 Å². The van der Waals surface area contributed by atoms with Crippen LogP contribution in [0.25, 0.3) is 0 Å². The largest absolute Gasteiger partial charge is 0.313 e. The first-order valence-corrected chi connectivity index (χ1v) is 9.32. The third-order valence-electron chi connectivity index (χ3n) is 4.86. The summed E-state index contributed by atoms with van der Waals surface area (Å²) in [6.07, 6.45) is 7.33. The van der Waals surface area contributed by atoms with Gasteiger partial charge < -0.3 is 5.32 Å². The minimum atomic E-state index is -3.01. The second-order valence-electron chi connectivity index (χ2n) is 6.97. The van der Waals surface area contributed by atoms with Crippen molar-refractivity contribution in [2.75, 3.05) is 25.9 Å². The van der Waals surface area contributed by atoms with Gasteiger partial charge in [0.25, 0.3) is 0 Å². The highest BCUT2D eigenvalue weighted by Gasteiger charge is 2.35. The quantitative estimate of drug-likeness (QED) is 0.858. The summed E-state index contributed by atoms with van der Waals surface area (Å²) in [5.41, 5.74) is 0.394. The van der Waals surface area contributed by atoms with Crippen LogP contribution < -0.4 is 5.32 Å². The maximum atomic E-state index is 11.6. The van der Waals surface area contributed by atoms with Crippen molar-refractivity contribution in [3.05, 3.63) is 0 Å². The molecular weight excluding hydrogens is 260 g/mol. The molecule has 1 saturated carbocycles. The molecule has 0 aromatic heterocycles. The monoisotopic (exact) mass is 288 g/mol. The predicted molar refractivity (Wildman–Crippen MR) is 78.6 cm³/mol. The number of piperidine rings is 1. The summed E-state index contributed by atoms with van der Waals surface area (Å²) in [6, 6.07) is 0.598. The van der Waals surface area contributed by atoms with E-state index < -0.39 is 10.0 Å². The molecule has 19 heavy (non-hydrogen) atoms. The Labute approximate surface area is 118 Å². The fourth-order valence-corrected chi connectivity index (χ4v) is 4.45. The third kappa shape index (κ3) is 3.92. The van der Waals surface area contributed by atoms with Crippen LogP contribution in [0.15, 0.2) is 0 Å². The van der Waals surface area contributed by atoms with Gasteiger partial charge in [0.15, 0.2) is 0 Å². The van der Waals surface area contributed by atoms with Crippen LogP contribution in [0.2, 0.25) is 0 Å². The van der Waals surface area contributed by atoms with E-state index in [2.05, 4.69) is 19.2 Å². The van der Waals surface area contributed by atoms with E-state index in [9.17, 15) is 8.42 Å². The Morgan fingerprint density at radius 2 is 2.00 bits per heavy atom. The highest BCUT2D eigenvalue weighted by atomic mass is 32.2. The van der Waals surface area contributed by atoms with E-state index in [1.165, 1.54) is 25.5 Å². The van der Waals surface area contributed by atoms with Crippen molar-refractivity contribution in [2.24, 2.45) is 11.3 Å². The van der Waals surface area contributed by atoms with Crippen LogP contribution in [0, 0.1) is 11.3 Å². The summed E-state index contributed by atoms with van der Waals surface area (Å²) >= 11 is 0. The zero-order valence-corrected chi connectivity index (χ0v) is 13.3. The Hall–Kier alpha value is -0.130. The summed E-state index contributed by atoms with van der Waals surface area (Å²) in [6.45, 7) is 7.02. The van der Waals surface area contributed by atoms with E-state index in [0.29, 0.717) is 30.5 Å². The smallest absolute Gasteiger partial charge is 0.211 e. The van der Waals surface area contributed by atoms with Crippen molar-refractivity contribution in [1.29, 1.82) is 0 Å². The van der Waals surface area contributed by atoms with Gasteiger partial charge in [-0.25, -0.2) is 12.7 Å². The third-order valence-corrected chi connectivity index (χ3v) is 6.13. The minimum absolute atomic E-state index is 0.394. The molecular formula is C14H28N2O2S. The van der Waals surface area contributed by atoms with Crippen LogP contribution >= 0.6 is 0 Å². The Kier molecular flexibility index (Phi) is 4.58. The van der Waals surface area contributed by atoms with Gasteiger partial charge in [-0.15, -0.1) is 0 Å². The van der Waals surface area contributed by atoms with E-state index in [1.807, 2.05) is 0 Å². The normalized spacial score (nSPS) is 32.6. The molecule has 0 radical (unpaired) electrons. The average molecular weight is 288 g/mol. The molecule has 112 valence electrons. The first kappa shape index (κ1) is 15.3. The number of nitrogens with one attached hydrogen (secondary N) is 1. The number of hydrogen-bond acceptors (Lipinski definition) is 3. The van der Waals surface area contributed by atoms with E-state index in [-0.39, 0.29) is 0 Å². The van der Waals surface area contributed by atoms with Crippen molar-refractivity contribution in [3.63, 3.8) is 0 Å². The molecule has 4 nitrogen and oxygen atoms in total. The Bertz CT molecular complexity index is 406. The Morgan fingerprint density at radius 3 is 2.58 bits per heavy atom. The molecule has 2 rings (SSSR count). The van der Waals surface area contributed by atoms with Gasteiger partial charge in [-0.1, -0.05) is 20.3 Å². The van der Waals surface area contributed by atoms with Crippen LogP contribution in [-0.4, -0.2) is 44.7 Å². The number of nitrogens with zero attached hydrogens (tertiary/aromatic N) is 1. The molecule has 1 N–H and O–H groups in total. The molecule has 0 amide bonds. The zero-order valence-electron chi connectivity index (χ0n) is 12.5. The van der Waals surface area contributed by atoms with Crippen LogP contribution in [0.5, 0.6) is 0 Å². The molecule has 0 aromatic rings. The highest BCUT2D eigenvalue weighted by molar-refractivity contribution is 7.88. The van der Waals surface area contributed by atoms with Gasteiger partial charge in [0.05, 0.1) is 6.26 Å². The van der Waals surface area contributed by atoms with Crippen molar-refractivity contribution >= 4 is 10.0 Å². The van der Waals surface area contributed by atoms with Crippen LogP contribution in [0.1, 0.15) is 46.0 Å². The van der Waals surface area contributed by atoms with Crippen molar-refractivity contribution in [2.45, 2.75) is 52.0 Å². The van der Waals surface area contributed by atoms with E-state index >= 15 is 0 Å². The molecule has 2 fully saturated rings. The number of rotatable bonds is 4. The molecule has 2 aliphatic rings. The summed E-state index contributed by atoms with van der Waals surface area (Å²) in [4.78, 5) is 0. The van der Waals surface area contributed by atoms with Crippen molar-refractivity contribution < 1.29 is 8.42 Å². The van der Waals surface area contributed by atoms with Crippen LogP contribution in [0.3, 0.4) is 0 Å². The van der Waals surface area contributed by atoms with Gasteiger partial charge in [0.1, 0.15) is 0 Å². The standard InChI is InChI=1S/C14H28N2O2S/c1-14(2)8-4-7-13(14)15-10-12-6-5-9-16(11-12)19(3,17)18/h12-13,15H,4-11H2,1-3H3. The van der Waals surface area contributed by atoms with E-state index in [0.717, 1.165) is 19.4 Å². The highest BCUT2D eigenvalue weighted by Crippen LogP contribution is 2.37. The molecule has 0 aromatic carbocycles. The maximum absolute atomic E-state index is 11.6. The van der Waals surface area contributed by atoms with Crippen molar-refractivity contribution in [3.8, 4) is 0 Å². The molecule has 2 atom stereocenters. The van der Waals surface area contributed by atoms with Gasteiger partial charge in [-0.3, -0.25) is 0 Å².